The van der Waals surface area contributed by atoms with Crippen molar-refractivity contribution in [2.24, 2.45) is 5.92 Å². The number of benzene rings is 2. The van der Waals surface area contributed by atoms with Crippen LogP contribution in [0.1, 0.15) is 63.7 Å². The normalized spacial score (nSPS) is 21.5. The molecule has 0 unspecified atom stereocenters. The number of esters is 1. The number of methoxy groups -OCH3 is 4. The zero-order valence-electron chi connectivity index (χ0n) is 23.3. The predicted molar refractivity (Wildman–Crippen MR) is 141 cm³/mol. The first kappa shape index (κ1) is 27.7. The second-order valence-corrected chi connectivity index (χ2v) is 9.95. The van der Waals surface area contributed by atoms with Crippen LogP contribution in [-0.2, 0) is 16.0 Å². The van der Waals surface area contributed by atoms with Crippen LogP contribution in [0.25, 0.3) is 11.1 Å². The van der Waals surface area contributed by atoms with Crippen LogP contribution in [0.3, 0.4) is 0 Å². The van der Waals surface area contributed by atoms with E-state index >= 15 is 0 Å². The number of ether oxygens (including phenoxy) is 7. The third-order valence-corrected chi connectivity index (χ3v) is 7.59. The molecule has 9 heteroatoms. The minimum absolute atomic E-state index is 0.0653. The zero-order valence-corrected chi connectivity index (χ0v) is 23.3. The van der Waals surface area contributed by atoms with E-state index in [1.165, 1.54) is 21.3 Å². The summed E-state index contributed by atoms with van der Waals surface area (Å²) in [6.07, 6.45) is 2.28. The monoisotopic (exact) mass is 530 g/mol. The largest absolute Gasteiger partial charge is 0.493 e. The summed E-state index contributed by atoms with van der Waals surface area (Å²) in [5.41, 5.74) is 1.19. The topological polar surface area (TPSA) is 102 Å². The van der Waals surface area contributed by atoms with Gasteiger partial charge in [0.1, 0.15) is 5.60 Å². The molecule has 2 aromatic carbocycles. The molecule has 2 aromatic rings. The maximum Gasteiger partial charge on any atom is 0.306 e. The van der Waals surface area contributed by atoms with Crippen molar-refractivity contribution in [2.75, 3.05) is 35.2 Å². The number of unbranched alkanes of at least 4 members (excludes halogenated alkanes) is 2. The molecule has 0 saturated carbocycles. The molecule has 0 bridgehead atoms. The van der Waals surface area contributed by atoms with Crippen molar-refractivity contribution in [2.45, 2.75) is 64.6 Å². The molecular weight excluding hydrogens is 492 g/mol. The van der Waals surface area contributed by atoms with Crippen LogP contribution < -0.4 is 28.4 Å². The van der Waals surface area contributed by atoms with Crippen LogP contribution in [-0.4, -0.2) is 51.9 Å². The molecule has 0 aromatic heterocycles. The van der Waals surface area contributed by atoms with Crippen LogP contribution in [0.2, 0.25) is 0 Å². The van der Waals surface area contributed by atoms with Crippen LogP contribution in [0.5, 0.6) is 34.5 Å². The van der Waals surface area contributed by atoms with E-state index in [0.29, 0.717) is 64.0 Å². The molecule has 1 aliphatic carbocycles. The second-order valence-electron chi connectivity index (χ2n) is 9.95. The Hall–Kier alpha value is -3.33. The number of hydrogen-bond donors (Lipinski definition) is 1. The molecular formula is C29H38O9. The van der Waals surface area contributed by atoms with Crippen molar-refractivity contribution in [1.29, 1.82) is 0 Å². The maximum atomic E-state index is 13.1. The first-order valence-corrected chi connectivity index (χ1v) is 13.0. The van der Waals surface area contributed by atoms with E-state index in [2.05, 4.69) is 6.92 Å². The highest BCUT2D eigenvalue weighted by Crippen LogP contribution is 2.59. The average molecular weight is 531 g/mol. The quantitative estimate of drug-likeness (QED) is 0.345. The number of carbonyl (C=O) groups excluding carboxylic acids is 1. The summed E-state index contributed by atoms with van der Waals surface area (Å²) < 4.78 is 40.8. The van der Waals surface area contributed by atoms with E-state index in [1.54, 1.807) is 20.1 Å². The average Bonchev–Trinajstić information content (AvgIpc) is 3.37. The van der Waals surface area contributed by atoms with E-state index in [-0.39, 0.29) is 25.1 Å². The Balaban J connectivity index is 2.06. The number of aliphatic hydroxyl groups is 1. The molecule has 0 saturated heterocycles. The van der Waals surface area contributed by atoms with Gasteiger partial charge in [0.15, 0.2) is 29.1 Å². The zero-order chi connectivity index (χ0) is 27.6. The summed E-state index contributed by atoms with van der Waals surface area (Å²) in [6, 6.07) is 3.64. The van der Waals surface area contributed by atoms with Crippen molar-refractivity contribution in [1.82, 2.24) is 0 Å². The molecule has 0 radical (unpaired) electrons. The molecule has 2 aliphatic rings. The molecule has 4 rings (SSSR count). The van der Waals surface area contributed by atoms with E-state index in [9.17, 15) is 9.90 Å². The van der Waals surface area contributed by atoms with E-state index in [4.69, 9.17) is 33.2 Å². The summed E-state index contributed by atoms with van der Waals surface area (Å²) >= 11 is 0. The first-order chi connectivity index (χ1) is 18.2. The minimum Gasteiger partial charge on any atom is -0.493 e. The Labute approximate surface area is 223 Å². The van der Waals surface area contributed by atoms with Crippen LogP contribution >= 0.6 is 0 Å². The fourth-order valence-corrected chi connectivity index (χ4v) is 5.33. The Morgan fingerprint density at radius 2 is 1.71 bits per heavy atom. The highest BCUT2D eigenvalue weighted by molar-refractivity contribution is 5.89. The molecule has 0 fully saturated rings. The van der Waals surface area contributed by atoms with Gasteiger partial charge in [0.25, 0.3) is 0 Å². The third-order valence-electron chi connectivity index (χ3n) is 7.59. The van der Waals surface area contributed by atoms with Gasteiger partial charge in [0.2, 0.25) is 18.3 Å². The van der Waals surface area contributed by atoms with Gasteiger partial charge < -0.3 is 38.3 Å². The predicted octanol–water partition coefficient (Wildman–Crippen LogP) is 5.22. The first-order valence-electron chi connectivity index (χ1n) is 13.0. The van der Waals surface area contributed by atoms with E-state index in [1.807, 2.05) is 13.0 Å². The van der Waals surface area contributed by atoms with Gasteiger partial charge >= 0.3 is 5.97 Å². The maximum absolute atomic E-state index is 13.1. The van der Waals surface area contributed by atoms with Gasteiger partial charge in [-0.25, -0.2) is 0 Å². The van der Waals surface area contributed by atoms with Gasteiger partial charge in [-0.3, -0.25) is 4.79 Å². The van der Waals surface area contributed by atoms with Gasteiger partial charge in [-0.05, 0) is 43.4 Å². The summed E-state index contributed by atoms with van der Waals surface area (Å²) in [7, 11) is 6.14. The summed E-state index contributed by atoms with van der Waals surface area (Å²) in [5.74, 6) is 1.89. The number of rotatable bonds is 9. The highest BCUT2D eigenvalue weighted by Gasteiger charge is 2.47. The Morgan fingerprint density at radius 3 is 2.34 bits per heavy atom. The molecule has 3 atom stereocenters. The molecule has 0 amide bonds. The van der Waals surface area contributed by atoms with Gasteiger partial charge in [-0.2, -0.15) is 0 Å². The lowest BCUT2D eigenvalue weighted by atomic mass is 9.73. The second kappa shape index (κ2) is 11.2. The SMILES string of the molecule is CCCCCC(=O)O[C@H]1c2cc(OC)c(OC)c(OC)c2-c2c(cc3c(c2OC)OCO3)C[C@H](C)[C@]1(C)O. The lowest BCUT2D eigenvalue weighted by molar-refractivity contribution is -0.171. The Kier molecular flexibility index (Phi) is 8.16. The standard InChI is InChI=1S/C29H38O9/c1-8-9-10-11-21(30)38-28-18-14-19(32-4)24(33-5)27(35-7)23(18)22-17(12-16(2)29(28,3)31)13-20-25(26(22)34-6)37-15-36-20/h13-14,16,28,31H,8-12,15H2,1-7H3/t16-,28-,29-/m0/s1. The Bertz CT molecular complexity index is 1190. The van der Waals surface area contributed by atoms with Crippen LogP contribution in [0.4, 0.5) is 0 Å². The van der Waals surface area contributed by atoms with Crippen molar-refractivity contribution in [3.63, 3.8) is 0 Å². The fraction of sp³-hybridized carbons (Fsp3) is 0.552. The summed E-state index contributed by atoms with van der Waals surface area (Å²) in [4.78, 5) is 13.1. The molecule has 0 spiro atoms. The van der Waals surface area contributed by atoms with E-state index in [0.717, 1.165) is 18.4 Å². The number of carbonyl (C=O) groups is 1. The number of fused-ring (bicyclic) bond motifs is 4. The molecule has 1 aliphatic heterocycles. The van der Waals surface area contributed by atoms with Gasteiger partial charge in [0, 0.05) is 23.1 Å². The summed E-state index contributed by atoms with van der Waals surface area (Å²) in [6.45, 7) is 5.77. The minimum atomic E-state index is -1.44. The van der Waals surface area contributed by atoms with Crippen LogP contribution in [0, 0.1) is 5.92 Å². The molecule has 9 nitrogen and oxygen atoms in total. The molecule has 208 valence electrons. The van der Waals surface area contributed by atoms with Crippen molar-refractivity contribution in [3.8, 4) is 45.6 Å². The van der Waals surface area contributed by atoms with Crippen molar-refractivity contribution < 1.29 is 43.1 Å². The lowest BCUT2D eigenvalue weighted by Gasteiger charge is -2.41. The van der Waals surface area contributed by atoms with Gasteiger partial charge in [-0.15, -0.1) is 0 Å². The summed E-state index contributed by atoms with van der Waals surface area (Å²) in [5, 5.41) is 12.0. The van der Waals surface area contributed by atoms with Crippen molar-refractivity contribution in [3.05, 3.63) is 23.3 Å². The van der Waals surface area contributed by atoms with Crippen molar-refractivity contribution >= 4 is 5.97 Å². The number of hydrogen-bond acceptors (Lipinski definition) is 9. The molecule has 1 heterocycles. The van der Waals surface area contributed by atoms with E-state index < -0.39 is 11.7 Å². The fourth-order valence-electron chi connectivity index (χ4n) is 5.33. The van der Waals surface area contributed by atoms with Gasteiger partial charge in [-0.1, -0.05) is 26.7 Å². The van der Waals surface area contributed by atoms with Gasteiger partial charge in [0.05, 0.1) is 28.4 Å². The van der Waals surface area contributed by atoms with Crippen LogP contribution in [0.15, 0.2) is 12.1 Å². The molecule has 38 heavy (non-hydrogen) atoms. The lowest BCUT2D eigenvalue weighted by Crippen LogP contribution is -2.43. The smallest absolute Gasteiger partial charge is 0.306 e. The highest BCUT2D eigenvalue weighted by atomic mass is 16.7. The Morgan fingerprint density at radius 1 is 1.00 bits per heavy atom. The molecule has 1 N–H and O–H groups in total. The third kappa shape index (κ3) is 4.68.